The van der Waals surface area contributed by atoms with Crippen molar-refractivity contribution in [1.29, 1.82) is 0 Å². The molecule has 0 unspecified atom stereocenters. The first kappa shape index (κ1) is 11.8. The smallest absolute Gasteiger partial charge is 0.256 e. The molecule has 1 aromatic heterocycles. The number of halogens is 2. The molecule has 0 aliphatic rings. The number of benzene rings is 1. The molecule has 0 atom stereocenters. The molecule has 2 rings (SSSR count). The first-order valence-electron chi connectivity index (χ1n) is 4.83. The molecule has 4 nitrogen and oxygen atoms in total. The van der Waals surface area contributed by atoms with Gasteiger partial charge in [0.2, 0.25) is 0 Å². The van der Waals surface area contributed by atoms with Crippen LogP contribution < -0.4 is 5.32 Å². The van der Waals surface area contributed by atoms with E-state index < -0.39 is 11.7 Å². The molecule has 0 saturated carbocycles. The predicted molar refractivity (Wildman–Crippen MR) is 65.4 cm³/mol. The van der Waals surface area contributed by atoms with Gasteiger partial charge in [0.15, 0.2) is 0 Å². The third-order valence-electron chi connectivity index (χ3n) is 2.19. The second-order valence-electron chi connectivity index (χ2n) is 3.54. The van der Waals surface area contributed by atoms with Gasteiger partial charge in [-0.1, -0.05) is 15.9 Å². The Morgan fingerprint density at radius 1 is 1.47 bits per heavy atom. The van der Waals surface area contributed by atoms with Crippen LogP contribution in [0.2, 0.25) is 0 Å². The molecule has 0 aliphatic carbocycles. The Balaban J connectivity index is 2.23. The Labute approximate surface area is 105 Å². The predicted octanol–water partition coefficient (Wildman–Crippen LogP) is 2.87. The van der Waals surface area contributed by atoms with Crippen molar-refractivity contribution in [2.24, 2.45) is 0 Å². The summed E-state index contributed by atoms with van der Waals surface area (Å²) in [5.41, 5.74) is 1.06. The number of carbonyl (C=O) groups excluding carboxylic acids is 1. The molecule has 0 bridgehead atoms. The minimum atomic E-state index is -0.467. The lowest BCUT2D eigenvalue weighted by atomic mass is 10.2. The number of carbonyl (C=O) groups is 1. The Kier molecular flexibility index (Phi) is 3.23. The van der Waals surface area contributed by atoms with Crippen LogP contribution in [-0.2, 0) is 0 Å². The van der Waals surface area contributed by atoms with E-state index in [2.05, 4.69) is 31.4 Å². The molecule has 1 aromatic carbocycles. The Bertz CT molecular complexity index is 547. The van der Waals surface area contributed by atoms with Gasteiger partial charge in [0, 0.05) is 15.6 Å². The minimum absolute atomic E-state index is 0.242. The third kappa shape index (κ3) is 2.71. The summed E-state index contributed by atoms with van der Waals surface area (Å²) >= 11 is 3.13. The number of hydrogen-bond donors (Lipinski definition) is 2. The fraction of sp³-hybridized carbons (Fsp3) is 0.0909. The van der Waals surface area contributed by atoms with Crippen LogP contribution in [0.5, 0.6) is 0 Å². The van der Waals surface area contributed by atoms with Crippen LogP contribution in [0.25, 0.3) is 0 Å². The van der Waals surface area contributed by atoms with E-state index in [1.807, 2.05) is 0 Å². The highest BCUT2D eigenvalue weighted by Crippen LogP contribution is 2.16. The maximum absolute atomic E-state index is 13.1. The summed E-state index contributed by atoms with van der Waals surface area (Å²) in [6.45, 7) is 1.81. The molecule has 2 aromatic rings. The van der Waals surface area contributed by atoms with E-state index in [-0.39, 0.29) is 5.56 Å². The fourth-order valence-electron chi connectivity index (χ4n) is 1.34. The molecule has 17 heavy (non-hydrogen) atoms. The van der Waals surface area contributed by atoms with Crippen molar-refractivity contribution in [1.82, 2.24) is 10.2 Å². The van der Waals surface area contributed by atoms with Gasteiger partial charge in [-0.05, 0) is 25.1 Å². The topological polar surface area (TPSA) is 57.8 Å². The van der Waals surface area contributed by atoms with Crippen LogP contribution in [0.1, 0.15) is 15.9 Å². The van der Waals surface area contributed by atoms with Gasteiger partial charge in [-0.15, -0.1) is 0 Å². The molecule has 88 valence electrons. The second-order valence-corrected chi connectivity index (χ2v) is 4.46. The summed E-state index contributed by atoms with van der Waals surface area (Å²) in [4.78, 5) is 11.8. The monoisotopic (exact) mass is 297 g/mol. The van der Waals surface area contributed by atoms with E-state index in [1.54, 1.807) is 19.2 Å². The molecule has 2 N–H and O–H groups in total. The third-order valence-corrected chi connectivity index (χ3v) is 2.65. The minimum Gasteiger partial charge on any atom is -0.307 e. The van der Waals surface area contributed by atoms with Crippen molar-refractivity contribution in [3.8, 4) is 0 Å². The molecule has 0 fully saturated rings. The highest BCUT2D eigenvalue weighted by atomic mass is 79.9. The summed E-state index contributed by atoms with van der Waals surface area (Å²) in [7, 11) is 0. The highest BCUT2D eigenvalue weighted by molar-refractivity contribution is 9.10. The second kappa shape index (κ2) is 4.67. The number of nitrogens with zero attached hydrogens (tertiary/aromatic N) is 1. The van der Waals surface area contributed by atoms with E-state index in [4.69, 9.17) is 0 Å². The van der Waals surface area contributed by atoms with Gasteiger partial charge in [0.05, 0.1) is 6.20 Å². The average molecular weight is 298 g/mol. The Hall–Kier alpha value is -1.69. The number of hydrogen-bond acceptors (Lipinski definition) is 2. The van der Waals surface area contributed by atoms with Crippen LogP contribution >= 0.6 is 15.9 Å². The number of aryl methyl sites for hydroxylation is 1. The van der Waals surface area contributed by atoms with E-state index in [1.165, 1.54) is 12.1 Å². The number of H-pyrrole nitrogens is 1. The van der Waals surface area contributed by atoms with Crippen LogP contribution in [0.3, 0.4) is 0 Å². The molecular weight excluding hydrogens is 289 g/mol. The van der Waals surface area contributed by atoms with Crippen LogP contribution in [0.4, 0.5) is 10.2 Å². The SMILES string of the molecule is Cc1cn[nH]c1NC(=O)c1cc(F)cc(Br)c1. The van der Waals surface area contributed by atoms with E-state index in [0.717, 1.165) is 5.56 Å². The molecule has 6 heteroatoms. The number of aromatic amines is 1. The number of amides is 1. The van der Waals surface area contributed by atoms with Crippen molar-refractivity contribution >= 4 is 27.7 Å². The summed E-state index contributed by atoms with van der Waals surface area (Å²) in [5.74, 6) is -0.348. The van der Waals surface area contributed by atoms with Crippen molar-refractivity contribution < 1.29 is 9.18 Å². The number of rotatable bonds is 2. The number of nitrogens with one attached hydrogen (secondary N) is 2. The largest absolute Gasteiger partial charge is 0.307 e. The quantitative estimate of drug-likeness (QED) is 0.895. The van der Waals surface area contributed by atoms with Crippen LogP contribution in [-0.4, -0.2) is 16.1 Å². The van der Waals surface area contributed by atoms with Gasteiger partial charge in [-0.3, -0.25) is 9.89 Å². The van der Waals surface area contributed by atoms with Crippen molar-refractivity contribution in [3.63, 3.8) is 0 Å². The van der Waals surface area contributed by atoms with Crippen molar-refractivity contribution in [3.05, 3.63) is 45.8 Å². The van der Waals surface area contributed by atoms with Gasteiger partial charge in [-0.25, -0.2) is 4.39 Å². The zero-order valence-electron chi connectivity index (χ0n) is 8.92. The lowest BCUT2D eigenvalue weighted by molar-refractivity contribution is 0.102. The Morgan fingerprint density at radius 2 is 2.24 bits per heavy atom. The standard InChI is InChI=1S/C11H9BrFN3O/c1-6-5-14-16-10(6)15-11(17)7-2-8(12)4-9(13)3-7/h2-5H,1H3,(H2,14,15,16,17). The lowest BCUT2D eigenvalue weighted by Gasteiger charge is -2.04. The van der Waals surface area contributed by atoms with Gasteiger partial charge in [-0.2, -0.15) is 5.10 Å². The Morgan fingerprint density at radius 3 is 2.82 bits per heavy atom. The zero-order chi connectivity index (χ0) is 12.4. The van der Waals surface area contributed by atoms with Gasteiger partial charge in [0.1, 0.15) is 11.6 Å². The summed E-state index contributed by atoms with van der Waals surface area (Å²) in [6, 6.07) is 4.01. The summed E-state index contributed by atoms with van der Waals surface area (Å²) in [5, 5.41) is 9.04. The van der Waals surface area contributed by atoms with Crippen molar-refractivity contribution in [2.45, 2.75) is 6.92 Å². The highest BCUT2D eigenvalue weighted by Gasteiger charge is 2.10. The first-order chi connectivity index (χ1) is 8.06. The lowest BCUT2D eigenvalue weighted by Crippen LogP contribution is -2.13. The molecule has 0 aliphatic heterocycles. The molecule has 1 heterocycles. The summed E-state index contributed by atoms with van der Waals surface area (Å²) < 4.78 is 13.6. The molecular formula is C11H9BrFN3O. The number of aromatic nitrogens is 2. The summed E-state index contributed by atoms with van der Waals surface area (Å²) in [6.07, 6.45) is 1.59. The molecule has 0 radical (unpaired) electrons. The first-order valence-corrected chi connectivity index (χ1v) is 5.63. The molecule has 1 amide bonds. The maximum Gasteiger partial charge on any atom is 0.256 e. The van der Waals surface area contributed by atoms with Crippen LogP contribution in [0.15, 0.2) is 28.9 Å². The van der Waals surface area contributed by atoms with E-state index >= 15 is 0 Å². The number of anilines is 1. The van der Waals surface area contributed by atoms with E-state index in [0.29, 0.717) is 10.3 Å². The van der Waals surface area contributed by atoms with Gasteiger partial charge < -0.3 is 5.32 Å². The average Bonchev–Trinajstić information content (AvgIpc) is 2.63. The molecule has 0 spiro atoms. The normalized spacial score (nSPS) is 10.3. The zero-order valence-corrected chi connectivity index (χ0v) is 10.5. The van der Waals surface area contributed by atoms with Crippen LogP contribution in [0, 0.1) is 12.7 Å². The maximum atomic E-state index is 13.1. The van der Waals surface area contributed by atoms with Gasteiger partial charge in [0.25, 0.3) is 5.91 Å². The fourth-order valence-corrected chi connectivity index (χ4v) is 1.81. The van der Waals surface area contributed by atoms with Crippen molar-refractivity contribution in [2.75, 3.05) is 5.32 Å². The molecule has 0 saturated heterocycles. The van der Waals surface area contributed by atoms with E-state index in [9.17, 15) is 9.18 Å². The van der Waals surface area contributed by atoms with Gasteiger partial charge >= 0.3 is 0 Å².